The minimum absolute atomic E-state index is 0.204. The van der Waals surface area contributed by atoms with Crippen molar-refractivity contribution in [3.05, 3.63) is 69.7 Å². The van der Waals surface area contributed by atoms with E-state index in [0.29, 0.717) is 24.8 Å². The fourth-order valence-electron chi connectivity index (χ4n) is 3.97. The van der Waals surface area contributed by atoms with Gasteiger partial charge in [0, 0.05) is 38.1 Å². The number of hydrogen-bond acceptors (Lipinski definition) is 7. The van der Waals surface area contributed by atoms with Crippen molar-refractivity contribution in [1.82, 2.24) is 24.9 Å². The fraction of sp³-hybridized carbons (Fsp3) is 0.304. The molecule has 0 radical (unpaired) electrons. The van der Waals surface area contributed by atoms with Crippen LogP contribution < -0.4 is 5.56 Å². The van der Waals surface area contributed by atoms with Crippen LogP contribution in [0, 0.1) is 0 Å². The second-order valence-corrected chi connectivity index (χ2v) is 8.77. The Labute approximate surface area is 188 Å². The van der Waals surface area contributed by atoms with Crippen molar-refractivity contribution < 1.29 is 9.32 Å². The molecule has 0 aliphatic carbocycles. The minimum atomic E-state index is -0.336. The molecule has 164 valence electrons. The molecular weight excluding hydrogens is 426 g/mol. The normalized spacial score (nSPS) is 14.8. The molecule has 9 heteroatoms. The first-order valence-electron chi connectivity index (χ1n) is 10.7. The van der Waals surface area contributed by atoms with Gasteiger partial charge >= 0.3 is 0 Å². The summed E-state index contributed by atoms with van der Waals surface area (Å²) in [4.78, 5) is 37.7. The second-order valence-electron chi connectivity index (χ2n) is 7.83. The molecule has 0 spiro atoms. The number of carbonyl (C=O) groups excluding carboxylic acids is 1. The molecule has 0 bridgehead atoms. The number of carbonyl (C=O) groups is 1. The summed E-state index contributed by atoms with van der Waals surface area (Å²) in [5.74, 6) is 1.09. The van der Waals surface area contributed by atoms with Crippen molar-refractivity contribution in [3.8, 4) is 10.7 Å². The SMILES string of the molecule is O=C(c1cc2ccccc2[nH]c1=O)N1CCN(CCCc2nc(-c3cccs3)no2)CC1. The van der Waals surface area contributed by atoms with Gasteiger partial charge in [-0.25, -0.2) is 0 Å². The number of nitrogens with one attached hydrogen (secondary N) is 1. The zero-order valence-corrected chi connectivity index (χ0v) is 18.3. The minimum Gasteiger partial charge on any atom is -0.339 e. The molecule has 1 aliphatic heterocycles. The molecule has 1 aromatic carbocycles. The topological polar surface area (TPSA) is 95.3 Å². The van der Waals surface area contributed by atoms with Crippen LogP contribution in [0.15, 0.2) is 57.2 Å². The smallest absolute Gasteiger partial charge is 0.261 e. The third-order valence-electron chi connectivity index (χ3n) is 5.72. The number of amides is 1. The van der Waals surface area contributed by atoms with Gasteiger partial charge in [-0.3, -0.25) is 14.5 Å². The number of thiophene rings is 1. The third kappa shape index (κ3) is 4.35. The van der Waals surface area contributed by atoms with Gasteiger partial charge in [0.1, 0.15) is 5.56 Å². The van der Waals surface area contributed by atoms with E-state index < -0.39 is 0 Å². The lowest BCUT2D eigenvalue weighted by Crippen LogP contribution is -2.49. The van der Waals surface area contributed by atoms with E-state index in [1.807, 2.05) is 41.8 Å². The Morgan fingerprint density at radius 3 is 2.78 bits per heavy atom. The van der Waals surface area contributed by atoms with E-state index in [4.69, 9.17) is 4.52 Å². The highest BCUT2D eigenvalue weighted by Gasteiger charge is 2.24. The summed E-state index contributed by atoms with van der Waals surface area (Å²) in [6.07, 6.45) is 1.63. The molecule has 4 aromatic rings. The summed E-state index contributed by atoms with van der Waals surface area (Å²) < 4.78 is 5.36. The van der Waals surface area contributed by atoms with Crippen LogP contribution >= 0.6 is 11.3 Å². The summed E-state index contributed by atoms with van der Waals surface area (Å²) in [5, 5.41) is 6.90. The summed E-state index contributed by atoms with van der Waals surface area (Å²) in [5.41, 5.74) is 0.607. The predicted molar refractivity (Wildman–Crippen MR) is 123 cm³/mol. The highest BCUT2D eigenvalue weighted by atomic mass is 32.1. The van der Waals surface area contributed by atoms with Gasteiger partial charge in [0.2, 0.25) is 11.7 Å². The fourth-order valence-corrected chi connectivity index (χ4v) is 4.62. The summed E-state index contributed by atoms with van der Waals surface area (Å²) in [7, 11) is 0. The predicted octanol–water partition coefficient (Wildman–Crippen LogP) is 3.03. The number of piperazine rings is 1. The number of benzene rings is 1. The first kappa shape index (κ1) is 20.6. The maximum atomic E-state index is 12.9. The van der Waals surface area contributed by atoms with Crippen LogP contribution in [-0.4, -0.2) is 63.6 Å². The maximum Gasteiger partial charge on any atom is 0.261 e. The molecule has 1 aliphatic rings. The number of nitrogens with zero attached hydrogens (tertiary/aromatic N) is 4. The van der Waals surface area contributed by atoms with Crippen LogP contribution in [0.25, 0.3) is 21.6 Å². The van der Waals surface area contributed by atoms with E-state index >= 15 is 0 Å². The van der Waals surface area contributed by atoms with Gasteiger partial charge in [-0.05, 0) is 41.9 Å². The Bertz CT molecular complexity index is 1270. The number of aromatic amines is 1. The van der Waals surface area contributed by atoms with E-state index in [2.05, 4.69) is 20.0 Å². The van der Waals surface area contributed by atoms with Gasteiger partial charge < -0.3 is 14.4 Å². The maximum absolute atomic E-state index is 12.9. The molecule has 0 unspecified atom stereocenters. The molecule has 1 saturated heterocycles. The lowest BCUT2D eigenvalue weighted by Gasteiger charge is -2.34. The van der Waals surface area contributed by atoms with Crippen molar-refractivity contribution in [3.63, 3.8) is 0 Å². The van der Waals surface area contributed by atoms with Gasteiger partial charge in [-0.1, -0.05) is 29.4 Å². The zero-order valence-electron chi connectivity index (χ0n) is 17.5. The zero-order chi connectivity index (χ0) is 21.9. The third-order valence-corrected chi connectivity index (χ3v) is 6.58. The van der Waals surface area contributed by atoms with Crippen LogP contribution in [0.1, 0.15) is 22.7 Å². The quantitative estimate of drug-likeness (QED) is 0.486. The second kappa shape index (κ2) is 9.05. The van der Waals surface area contributed by atoms with Crippen molar-refractivity contribution in [2.45, 2.75) is 12.8 Å². The molecule has 1 fully saturated rings. The van der Waals surface area contributed by atoms with Crippen LogP contribution in [0.4, 0.5) is 0 Å². The molecule has 5 rings (SSSR count). The molecular formula is C23H23N5O3S. The average Bonchev–Trinajstić information content (AvgIpc) is 3.51. The number of aromatic nitrogens is 3. The number of fused-ring (bicyclic) bond motifs is 1. The number of H-pyrrole nitrogens is 1. The van der Waals surface area contributed by atoms with Crippen molar-refractivity contribution >= 4 is 28.1 Å². The lowest BCUT2D eigenvalue weighted by atomic mass is 10.1. The van der Waals surface area contributed by atoms with Crippen LogP contribution in [0.2, 0.25) is 0 Å². The monoisotopic (exact) mass is 449 g/mol. The Hall–Kier alpha value is -3.30. The Balaban J connectivity index is 1.12. The standard InChI is InChI=1S/C23H23N5O3S/c29-22-17(15-16-5-1-2-6-18(16)24-22)23(30)28-12-10-27(11-13-28)9-3-8-20-25-21(26-31-20)19-7-4-14-32-19/h1-2,4-7,14-15H,3,8-13H2,(H,24,29). The van der Waals surface area contributed by atoms with E-state index in [-0.39, 0.29) is 17.0 Å². The number of pyridine rings is 1. The molecule has 4 heterocycles. The summed E-state index contributed by atoms with van der Waals surface area (Å²) in [6, 6.07) is 13.1. The molecule has 1 amide bonds. The number of rotatable bonds is 6. The van der Waals surface area contributed by atoms with Gasteiger partial charge in [-0.2, -0.15) is 4.98 Å². The average molecular weight is 450 g/mol. The van der Waals surface area contributed by atoms with Crippen LogP contribution in [0.3, 0.4) is 0 Å². The molecule has 0 atom stereocenters. The molecule has 1 N–H and O–H groups in total. The van der Waals surface area contributed by atoms with E-state index in [0.717, 1.165) is 48.3 Å². The highest BCUT2D eigenvalue weighted by Crippen LogP contribution is 2.21. The number of para-hydroxylation sites is 1. The van der Waals surface area contributed by atoms with Crippen molar-refractivity contribution in [2.75, 3.05) is 32.7 Å². The Morgan fingerprint density at radius 1 is 1.12 bits per heavy atom. The van der Waals surface area contributed by atoms with Crippen molar-refractivity contribution in [2.24, 2.45) is 0 Å². The van der Waals surface area contributed by atoms with Crippen molar-refractivity contribution in [1.29, 1.82) is 0 Å². The number of hydrogen-bond donors (Lipinski definition) is 1. The van der Waals surface area contributed by atoms with Gasteiger partial charge in [0.05, 0.1) is 4.88 Å². The summed E-state index contributed by atoms with van der Waals surface area (Å²) >= 11 is 1.59. The first-order chi connectivity index (χ1) is 15.7. The summed E-state index contributed by atoms with van der Waals surface area (Å²) in [6.45, 7) is 3.67. The van der Waals surface area contributed by atoms with Gasteiger partial charge in [0.15, 0.2) is 0 Å². The lowest BCUT2D eigenvalue weighted by molar-refractivity contribution is 0.0634. The first-order valence-corrected chi connectivity index (χ1v) is 11.6. The van der Waals surface area contributed by atoms with Gasteiger partial charge in [-0.15, -0.1) is 11.3 Å². The van der Waals surface area contributed by atoms with Gasteiger partial charge in [0.25, 0.3) is 11.5 Å². The largest absolute Gasteiger partial charge is 0.339 e. The highest BCUT2D eigenvalue weighted by molar-refractivity contribution is 7.13. The molecule has 8 nitrogen and oxygen atoms in total. The molecule has 3 aromatic heterocycles. The Morgan fingerprint density at radius 2 is 1.97 bits per heavy atom. The molecule has 0 saturated carbocycles. The van der Waals surface area contributed by atoms with Crippen LogP contribution in [0.5, 0.6) is 0 Å². The van der Waals surface area contributed by atoms with E-state index in [1.54, 1.807) is 22.3 Å². The number of aryl methyl sites for hydroxylation is 1. The van der Waals surface area contributed by atoms with E-state index in [9.17, 15) is 9.59 Å². The molecule has 32 heavy (non-hydrogen) atoms. The van der Waals surface area contributed by atoms with Crippen LogP contribution in [-0.2, 0) is 6.42 Å². The van der Waals surface area contributed by atoms with E-state index in [1.165, 1.54) is 0 Å². The Kier molecular flexibility index (Phi) is 5.83.